The van der Waals surface area contributed by atoms with Gasteiger partial charge < -0.3 is 9.73 Å². The molecule has 1 heterocycles. The summed E-state index contributed by atoms with van der Waals surface area (Å²) in [5.74, 6) is 1.57. The average Bonchev–Trinajstić information content (AvgIpc) is 2.67. The van der Waals surface area contributed by atoms with E-state index in [1.165, 1.54) is 16.5 Å². The van der Waals surface area contributed by atoms with Crippen molar-refractivity contribution in [1.29, 1.82) is 0 Å². The predicted molar refractivity (Wildman–Crippen MR) is 72.4 cm³/mol. The third kappa shape index (κ3) is 2.09. The summed E-state index contributed by atoms with van der Waals surface area (Å²) < 4.78 is 6.06. The summed E-state index contributed by atoms with van der Waals surface area (Å²) in [6, 6.07) is 6.46. The van der Waals surface area contributed by atoms with Crippen LogP contribution in [-0.2, 0) is 13.0 Å². The number of hydrogen-bond donors (Lipinski definition) is 1. The van der Waals surface area contributed by atoms with Crippen molar-refractivity contribution in [3.63, 3.8) is 0 Å². The molecule has 17 heavy (non-hydrogen) atoms. The highest BCUT2D eigenvalue weighted by molar-refractivity contribution is 5.85. The third-order valence-electron chi connectivity index (χ3n) is 3.21. The Morgan fingerprint density at radius 1 is 1.29 bits per heavy atom. The fraction of sp³-hybridized carbons (Fsp3) is 0.467. The van der Waals surface area contributed by atoms with Gasteiger partial charge in [0, 0.05) is 10.9 Å². The maximum absolute atomic E-state index is 6.06. The molecule has 0 aliphatic rings. The summed E-state index contributed by atoms with van der Waals surface area (Å²) in [6.45, 7) is 7.42. The largest absolute Gasteiger partial charge is 0.459 e. The van der Waals surface area contributed by atoms with E-state index in [2.05, 4.69) is 44.3 Å². The summed E-state index contributed by atoms with van der Waals surface area (Å²) >= 11 is 0. The normalized spacial score (nSPS) is 11.6. The monoisotopic (exact) mass is 231 g/mol. The average molecular weight is 231 g/mol. The molecule has 0 atom stereocenters. The Kier molecular flexibility index (Phi) is 3.53. The maximum atomic E-state index is 6.06. The SMILES string of the molecule is CCc1cccc2c(C(C)C)c(CNC)oc12. The highest BCUT2D eigenvalue weighted by Gasteiger charge is 2.17. The van der Waals surface area contributed by atoms with Gasteiger partial charge in [-0.2, -0.15) is 0 Å². The molecule has 1 aromatic heterocycles. The first-order valence-electron chi connectivity index (χ1n) is 6.36. The lowest BCUT2D eigenvalue weighted by Gasteiger charge is -2.05. The van der Waals surface area contributed by atoms with Crippen LogP contribution in [0.3, 0.4) is 0 Å². The van der Waals surface area contributed by atoms with Crippen LogP contribution in [0.5, 0.6) is 0 Å². The Hall–Kier alpha value is -1.28. The molecule has 1 N–H and O–H groups in total. The second kappa shape index (κ2) is 4.92. The first kappa shape index (κ1) is 12.2. The first-order chi connectivity index (χ1) is 8.19. The zero-order valence-corrected chi connectivity index (χ0v) is 11.1. The van der Waals surface area contributed by atoms with E-state index in [-0.39, 0.29) is 0 Å². The lowest BCUT2D eigenvalue weighted by atomic mass is 9.98. The van der Waals surface area contributed by atoms with Crippen molar-refractivity contribution in [2.24, 2.45) is 0 Å². The number of furan rings is 1. The van der Waals surface area contributed by atoms with Crippen molar-refractivity contribution in [1.82, 2.24) is 5.32 Å². The number of hydrogen-bond acceptors (Lipinski definition) is 2. The van der Waals surface area contributed by atoms with Crippen LogP contribution in [-0.4, -0.2) is 7.05 Å². The maximum Gasteiger partial charge on any atom is 0.137 e. The highest BCUT2D eigenvalue weighted by Crippen LogP contribution is 2.33. The summed E-state index contributed by atoms with van der Waals surface area (Å²) in [6.07, 6.45) is 1.02. The molecule has 0 aliphatic heterocycles. The van der Waals surface area contributed by atoms with Crippen LogP contribution >= 0.6 is 0 Å². The summed E-state index contributed by atoms with van der Waals surface area (Å²) in [5.41, 5.74) is 3.72. The standard InChI is InChI=1S/C15H21NO/c1-5-11-7-6-8-12-14(10(2)3)13(9-16-4)17-15(11)12/h6-8,10,16H,5,9H2,1-4H3. The molecule has 2 nitrogen and oxygen atoms in total. The summed E-state index contributed by atoms with van der Waals surface area (Å²) in [7, 11) is 1.96. The highest BCUT2D eigenvalue weighted by atomic mass is 16.3. The van der Waals surface area contributed by atoms with Crippen molar-refractivity contribution >= 4 is 11.0 Å². The molecular weight excluding hydrogens is 210 g/mol. The smallest absolute Gasteiger partial charge is 0.137 e. The minimum atomic E-state index is 0.492. The third-order valence-corrected chi connectivity index (χ3v) is 3.21. The van der Waals surface area contributed by atoms with Crippen molar-refractivity contribution in [3.8, 4) is 0 Å². The topological polar surface area (TPSA) is 25.2 Å². The fourth-order valence-corrected chi connectivity index (χ4v) is 2.45. The fourth-order valence-electron chi connectivity index (χ4n) is 2.45. The van der Waals surface area contributed by atoms with Crippen molar-refractivity contribution < 1.29 is 4.42 Å². The van der Waals surface area contributed by atoms with Crippen LogP contribution < -0.4 is 5.32 Å². The van der Waals surface area contributed by atoms with E-state index < -0.39 is 0 Å². The van der Waals surface area contributed by atoms with Gasteiger partial charge in [0.05, 0.1) is 6.54 Å². The molecule has 0 fully saturated rings. The predicted octanol–water partition coefficient (Wildman–Crippen LogP) is 3.84. The first-order valence-corrected chi connectivity index (χ1v) is 6.36. The summed E-state index contributed by atoms with van der Waals surface area (Å²) in [5, 5.41) is 4.47. The van der Waals surface area contributed by atoms with Gasteiger partial charge in [-0.25, -0.2) is 0 Å². The number of fused-ring (bicyclic) bond motifs is 1. The van der Waals surface area contributed by atoms with Gasteiger partial charge in [-0.05, 0) is 24.9 Å². The Bertz CT molecular complexity index is 511. The van der Waals surface area contributed by atoms with E-state index >= 15 is 0 Å². The van der Waals surface area contributed by atoms with E-state index in [4.69, 9.17) is 4.42 Å². The molecule has 0 bridgehead atoms. The number of benzene rings is 1. The number of rotatable bonds is 4. The van der Waals surface area contributed by atoms with Gasteiger partial charge in [-0.1, -0.05) is 39.0 Å². The zero-order valence-electron chi connectivity index (χ0n) is 11.1. The molecule has 0 spiro atoms. The lowest BCUT2D eigenvalue weighted by molar-refractivity contribution is 0.518. The Morgan fingerprint density at radius 2 is 2.06 bits per heavy atom. The molecule has 1 aromatic carbocycles. The molecule has 0 amide bonds. The van der Waals surface area contributed by atoms with Crippen LogP contribution in [0.4, 0.5) is 0 Å². The summed E-state index contributed by atoms with van der Waals surface area (Å²) in [4.78, 5) is 0. The van der Waals surface area contributed by atoms with Crippen LogP contribution in [0, 0.1) is 0 Å². The molecule has 0 radical (unpaired) electrons. The quantitative estimate of drug-likeness (QED) is 0.865. The van der Waals surface area contributed by atoms with Gasteiger partial charge >= 0.3 is 0 Å². The van der Waals surface area contributed by atoms with E-state index in [0.717, 1.165) is 24.3 Å². The molecule has 92 valence electrons. The van der Waals surface area contributed by atoms with Crippen molar-refractivity contribution in [2.75, 3.05) is 7.05 Å². The van der Waals surface area contributed by atoms with Crippen LogP contribution in [0.25, 0.3) is 11.0 Å². The molecule has 0 saturated heterocycles. The van der Waals surface area contributed by atoms with Crippen LogP contribution in [0.2, 0.25) is 0 Å². The minimum absolute atomic E-state index is 0.492. The van der Waals surface area contributed by atoms with Gasteiger partial charge in [0.15, 0.2) is 0 Å². The lowest BCUT2D eigenvalue weighted by Crippen LogP contribution is -2.06. The molecule has 2 rings (SSSR count). The molecular formula is C15H21NO. The molecule has 0 unspecified atom stereocenters. The van der Waals surface area contributed by atoms with Crippen LogP contribution in [0.1, 0.15) is 43.6 Å². The number of aryl methyl sites for hydroxylation is 1. The minimum Gasteiger partial charge on any atom is -0.459 e. The second-order valence-electron chi connectivity index (χ2n) is 4.77. The second-order valence-corrected chi connectivity index (χ2v) is 4.77. The van der Waals surface area contributed by atoms with Gasteiger partial charge in [0.2, 0.25) is 0 Å². The Balaban J connectivity index is 2.69. The molecule has 0 aliphatic carbocycles. The van der Waals surface area contributed by atoms with E-state index in [9.17, 15) is 0 Å². The van der Waals surface area contributed by atoms with E-state index in [1.54, 1.807) is 0 Å². The molecule has 2 heteroatoms. The van der Waals surface area contributed by atoms with Gasteiger partial charge in [-0.15, -0.1) is 0 Å². The van der Waals surface area contributed by atoms with Gasteiger partial charge in [-0.3, -0.25) is 0 Å². The van der Waals surface area contributed by atoms with Crippen LogP contribution in [0.15, 0.2) is 22.6 Å². The molecule has 0 saturated carbocycles. The van der Waals surface area contributed by atoms with Crippen molar-refractivity contribution in [2.45, 2.75) is 39.7 Å². The van der Waals surface area contributed by atoms with Gasteiger partial charge in [0.1, 0.15) is 11.3 Å². The number of para-hydroxylation sites is 1. The van der Waals surface area contributed by atoms with E-state index in [0.29, 0.717) is 5.92 Å². The zero-order chi connectivity index (χ0) is 12.4. The molecule has 2 aromatic rings. The van der Waals surface area contributed by atoms with Gasteiger partial charge in [0.25, 0.3) is 0 Å². The Labute approximate surface area is 103 Å². The van der Waals surface area contributed by atoms with E-state index in [1.807, 2.05) is 7.05 Å². The Morgan fingerprint density at radius 3 is 2.65 bits per heavy atom. The van der Waals surface area contributed by atoms with Crippen molar-refractivity contribution in [3.05, 3.63) is 35.1 Å². The number of nitrogens with one attached hydrogen (secondary N) is 1.